The Kier molecular flexibility index (Phi) is 3.76. The predicted molar refractivity (Wildman–Crippen MR) is 58.2 cm³/mol. The van der Waals surface area contributed by atoms with Gasteiger partial charge in [0.15, 0.2) is 0 Å². The predicted octanol–water partition coefficient (Wildman–Crippen LogP) is 2.90. The molecule has 1 rings (SSSR count). The van der Waals surface area contributed by atoms with Crippen LogP contribution >= 0.6 is 11.6 Å². The van der Waals surface area contributed by atoms with Crippen LogP contribution in [-0.4, -0.2) is 6.00 Å². The van der Waals surface area contributed by atoms with Crippen molar-refractivity contribution in [2.24, 2.45) is 0 Å². The van der Waals surface area contributed by atoms with Crippen LogP contribution in [0.3, 0.4) is 0 Å². The van der Waals surface area contributed by atoms with E-state index in [4.69, 9.17) is 11.6 Å². The lowest BCUT2D eigenvalue weighted by molar-refractivity contribution is 0.785. The van der Waals surface area contributed by atoms with E-state index in [1.807, 2.05) is 0 Å². The molecule has 0 amide bonds. The van der Waals surface area contributed by atoms with Crippen molar-refractivity contribution in [1.82, 2.24) is 5.32 Å². The zero-order valence-electron chi connectivity index (χ0n) is 8.45. The first kappa shape index (κ1) is 10.6. The van der Waals surface area contributed by atoms with Crippen LogP contribution in [0.5, 0.6) is 0 Å². The molecule has 1 N–H and O–H groups in total. The molecule has 0 atom stereocenters. The largest absolute Gasteiger partial charge is 0.300 e. The van der Waals surface area contributed by atoms with Gasteiger partial charge < -0.3 is 0 Å². The van der Waals surface area contributed by atoms with E-state index >= 15 is 0 Å². The summed E-state index contributed by atoms with van der Waals surface area (Å²) >= 11 is 5.56. The van der Waals surface area contributed by atoms with Crippen LogP contribution in [0.4, 0.5) is 0 Å². The topological polar surface area (TPSA) is 12.0 Å². The van der Waals surface area contributed by atoms with Gasteiger partial charge in [0.05, 0.1) is 6.00 Å². The Hall–Kier alpha value is -0.530. The van der Waals surface area contributed by atoms with Crippen molar-refractivity contribution in [2.45, 2.75) is 27.3 Å². The van der Waals surface area contributed by atoms with Crippen molar-refractivity contribution in [3.63, 3.8) is 0 Å². The minimum Gasteiger partial charge on any atom is -0.300 e. The molecule has 72 valence electrons. The summed E-state index contributed by atoms with van der Waals surface area (Å²) in [5, 5.41) is 3.12. The van der Waals surface area contributed by atoms with Gasteiger partial charge in [-0.05, 0) is 43.0 Å². The van der Waals surface area contributed by atoms with Gasteiger partial charge in [-0.2, -0.15) is 0 Å². The van der Waals surface area contributed by atoms with Crippen molar-refractivity contribution in [3.8, 4) is 0 Å². The Morgan fingerprint density at radius 3 is 2.46 bits per heavy atom. The van der Waals surface area contributed by atoms with Gasteiger partial charge in [0.25, 0.3) is 0 Å². The molecule has 0 heterocycles. The summed E-state index contributed by atoms with van der Waals surface area (Å²) in [6.45, 7) is 7.32. The van der Waals surface area contributed by atoms with Crippen molar-refractivity contribution in [3.05, 3.63) is 34.4 Å². The van der Waals surface area contributed by atoms with E-state index in [9.17, 15) is 0 Å². The number of hydrogen-bond donors (Lipinski definition) is 1. The molecule has 0 aliphatic carbocycles. The van der Waals surface area contributed by atoms with Crippen LogP contribution in [-0.2, 0) is 6.54 Å². The normalized spacial score (nSPS) is 10.5. The Balaban J connectivity index is 2.90. The second kappa shape index (κ2) is 4.64. The minimum atomic E-state index is 0.506. The Labute approximate surface area is 85.1 Å². The monoisotopic (exact) mass is 197 g/mol. The molecular formula is C11H16ClN. The highest BCUT2D eigenvalue weighted by Gasteiger charge is 2.02. The van der Waals surface area contributed by atoms with Crippen LogP contribution < -0.4 is 5.32 Å². The van der Waals surface area contributed by atoms with Gasteiger partial charge in [0.1, 0.15) is 0 Å². The fourth-order valence-corrected chi connectivity index (χ4v) is 1.48. The Morgan fingerprint density at radius 2 is 1.85 bits per heavy atom. The van der Waals surface area contributed by atoms with E-state index in [1.165, 1.54) is 22.3 Å². The molecule has 0 unspecified atom stereocenters. The van der Waals surface area contributed by atoms with E-state index in [0.29, 0.717) is 6.00 Å². The summed E-state index contributed by atoms with van der Waals surface area (Å²) in [6, 6.07) is 4.83. The summed E-state index contributed by atoms with van der Waals surface area (Å²) in [5.41, 5.74) is 5.45. The van der Waals surface area contributed by atoms with Crippen molar-refractivity contribution < 1.29 is 0 Å². The molecule has 0 aromatic heterocycles. The van der Waals surface area contributed by atoms with Gasteiger partial charge in [0.2, 0.25) is 0 Å². The van der Waals surface area contributed by atoms with Gasteiger partial charge in [-0.15, -0.1) is 11.6 Å². The van der Waals surface area contributed by atoms with Crippen molar-refractivity contribution >= 4 is 11.6 Å². The molecule has 0 saturated carbocycles. The average molecular weight is 198 g/mol. The van der Waals surface area contributed by atoms with Crippen LogP contribution in [0.2, 0.25) is 0 Å². The standard InChI is InChI=1S/C11H16ClN/c1-8-4-5-11(6-13-7-12)10(3)9(8)2/h4-5,13H,6-7H2,1-3H3. The zero-order chi connectivity index (χ0) is 9.84. The lowest BCUT2D eigenvalue weighted by Crippen LogP contribution is -2.11. The number of hydrogen-bond acceptors (Lipinski definition) is 1. The van der Waals surface area contributed by atoms with E-state index in [-0.39, 0.29) is 0 Å². The fourth-order valence-electron chi connectivity index (χ4n) is 1.39. The van der Waals surface area contributed by atoms with Crippen LogP contribution in [0, 0.1) is 20.8 Å². The third-order valence-electron chi connectivity index (χ3n) is 2.58. The lowest BCUT2D eigenvalue weighted by Gasteiger charge is -2.10. The first-order valence-electron chi connectivity index (χ1n) is 4.49. The maximum atomic E-state index is 5.56. The average Bonchev–Trinajstić information content (AvgIpc) is 2.13. The molecule has 0 aliphatic rings. The molecule has 2 heteroatoms. The number of rotatable bonds is 3. The Bertz CT molecular complexity index is 294. The molecule has 0 saturated heterocycles. The van der Waals surface area contributed by atoms with E-state index in [1.54, 1.807) is 0 Å². The number of alkyl halides is 1. The molecule has 1 aromatic carbocycles. The second-order valence-corrected chi connectivity index (χ2v) is 3.62. The van der Waals surface area contributed by atoms with Crippen LogP contribution in [0.1, 0.15) is 22.3 Å². The highest BCUT2D eigenvalue weighted by atomic mass is 35.5. The highest BCUT2D eigenvalue weighted by molar-refractivity contribution is 6.17. The van der Waals surface area contributed by atoms with E-state index in [0.717, 1.165) is 6.54 Å². The SMILES string of the molecule is Cc1ccc(CNCCl)c(C)c1C. The van der Waals surface area contributed by atoms with Gasteiger partial charge in [-0.1, -0.05) is 12.1 Å². The zero-order valence-corrected chi connectivity index (χ0v) is 9.20. The number of nitrogens with one attached hydrogen (secondary N) is 1. The highest BCUT2D eigenvalue weighted by Crippen LogP contribution is 2.16. The first-order valence-corrected chi connectivity index (χ1v) is 5.02. The summed E-state index contributed by atoms with van der Waals surface area (Å²) in [5.74, 6) is 0. The Morgan fingerprint density at radius 1 is 1.15 bits per heavy atom. The minimum absolute atomic E-state index is 0.506. The van der Waals surface area contributed by atoms with Crippen molar-refractivity contribution in [2.75, 3.05) is 6.00 Å². The molecule has 0 aliphatic heterocycles. The number of aryl methyl sites for hydroxylation is 1. The van der Waals surface area contributed by atoms with Crippen LogP contribution in [0.25, 0.3) is 0 Å². The maximum Gasteiger partial charge on any atom is 0.0716 e. The maximum absolute atomic E-state index is 5.56. The van der Waals surface area contributed by atoms with Gasteiger partial charge in [-0.3, -0.25) is 5.32 Å². The fraction of sp³-hybridized carbons (Fsp3) is 0.455. The quantitative estimate of drug-likeness (QED) is 0.581. The molecule has 1 aromatic rings. The summed E-state index contributed by atoms with van der Waals surface area (Å²) < 4.78 is 0. The second-order valence-electron chi connectivity index (χ2n) is 3.35. The summed E-state index contributed by atoms with van der Waals surface area (Å²) in [4.78, 5) is 0. The molecule has 0 spiro atoms. The summed E-state index contributed by atoms with van der Waals surface area (Å²) in [7, 11) is 0. The smallest absolute Gasteiger partial charge is 0.0716 e. The number of benzene rings is 1. The first-order chi connectivity index (χ1) is 6.16. The van der Waals surface area contributed by atoms with E-state index in [2.05, 4.69) is 38.2 Å². The molecule has 0 fully saturated rings. The molecule has 0 bridgehead atoms. The van der Waals surface area contributed by atoms with Crippen LogP contribution in [0.15, 0.2) is 12.1 Å². The lowest BCUT2D eigenvalue weighted by atomic mass is 9.99. The molecule has 13 heavy (non-hydrogen) atoms. The van der Waals surface area contributed by atoms with Gasteiger partial charge in [0, 0.05) is 6.54 Å². The molecular weight excluding hydrogens is 182 g/mol. The van der Waals surface area contributed by atoms with Crippen molar-refractivity contribution in [1.29, 1.82) is 0 Å². The summed E-state index contributed by atoms with van der Waals surface area (Å²) in [6.07, 6.45) is 0. The van der Waals surface area contributed by atoms with Gasteiger partial charge >= 0.3 is 0 Å². The number of halogens is 1. The molecule has 1 nitrogen and oxygen atoms in total. The third-order valence-corrected chi connectivity index (χ3v) is 2.77. The molecule has 0 radical (unpaired) electrons. The third kappa shape index (κ3) is 2.45. The van der Waals surface area contributed by atoms with E-state index < -0.39 is 0 Å². The van der Waals surface area contributed by atoms with Gasteiger partial charge in [-0.25, -0.2) is 0 Å².